The van der Waals surface area contributed by atoms with Crippen molar-refractivity contribution in [2.45, 2.75) is 13.3 Å². The number of aryl methyl sites for hydroxylation is 1. The second-order valence-corrected chi connectivity index (χ2v) is 4.35. The van der Waals surface area contributed by atoms with Crippen molar-refractivity contribution in [1.29, 1.82) is 0 Å². The minimum Gasteiger partial charge on any atom is -0.310 e. The zero-order chi connectivity index (χ0) is 13.6. The Morgan fingerprint density at radius 1 is 1.26 bits per heavy atom. The first-order valence-corrected chi connectivity index (χ1v) is 5.75. The van der Waals surface area contributed by atoms with Gasteiger partial charge in [0.25, 0.3) is 5.91 Å². The Balaban J connectivity index is 2.20. The van der Waals surface area contributed by atoms with Crippen LogP contribution in [-0.2, 0) is 4.79 Å². The zero-order valence-electron chi connectivity index (χ0n) is 10.1. The fourth-order valence-corrected chi connectivity index (χ4v) is 2.17. The van der Waals surface area contributed by atoms with E-state index in [-0.39, 0.29) is 24.1 Å². The number of nitrogens with zero attached hydrogens (tertiary/aromatic N) is 2. The summed E-state index contributed by atoms with van der Waals surface area (Å²) in [5.74, 6) is -0.719. The number of amides is 1. The van der Waals surface area contributed by atoms with Crippen molar-refractivity contribution in [2.24, 2.45) is 0 Å². The number of hydrogen-bond acceptors (Lipinski definition) is 3. The smallest absolute Gasteiger partial charge is 0.258 e. The van der Waals surface area contributed by atoms with Gasteiger partial charge in [-0.15, -0.1) is 0 Å². The van der Waals surface area contributed by atoms with Crippen molar-refractivity contribution in [3.8, 4) is 11.1 Å². The number of aromatic nitrogens is 2. The number of rotatable bonds is 1. The van der Waals surface area contributed by atoms with Gasteiger partial charge in [0.1, 0.15) is 18.1 Å². The summed E-state index contributed by atoms with van der Waals surface area (Å²) in [6.07, 6.45) is -0.211. The zero-order valence-corrected chi connectivity index (χ0v) is 10.1. The van der Waals surface area contributed by atoms with Gasteiger partial charge in [0.15, 0.2) is 0 Å². The molecule has 0 bridgehead atoms. The van der Waals surface area contributed by atoms with Crippen LogP contribution in [0.15, 0.2) is 24.3 Å². The summed E-state index contributed by atoms with van der Waals surface area (Å²) in [5, 5.41) is 6.76. The molecule has 0 fully saturated rings. The highest BCUT2D eigenvalue weighted by Gasteiger charge is 2.28. The Morgan fingerprint density at radius 2 is 1.95 bits per heavy atom. The Kier molecular flexibility index (Phi) is 2.45. The normalized spacial score (nSPS) is 14.2. The number of nitrogens with one attached hydrogen (secondary N) is 1. The van der Waals surface area contributed by atoms with Crippen LogP contribution >= 0.6 is 0 Å². The third-order valence-electron chi connectivity index (χ3n) is 3.00. The Bertz CT molecular complexity index is 689. The van der Waals surface area contributed by atoms with E-state index in [2.05, 4.69) is 10.4 Å². The molecular weight excluding hydrogens is 249 g/mol. The Hall–Kier alpha value is -2.50. The molecule has 1 aromatic carbocycles. The molecule has 0 saturated carbocycles. The summed E-state index contributed by atoms with van der Waals surface area (Å²) in [7, 11) is 0. The molecule has 1 aliphatic rings. The monoisotopic (exact) mass is 259 g/mol. The molecule has 1 N–H and O–H groups in total. The van der Waals surface area contributed by atoms with Crippen molar-refractivity contribution < 1.29 is 14.0 Å². The van der Waals surface area contributed by atoms with E-state index in [4.69, 9.17) is 0 Å². The van der Waals surface area contributed by atoms with Crippen LogP contribution in [0.4, 0.5) is 10.2 Å². The SMILES string of the molecule is Cc1nn2c(c1-c1ccc(F)cc1)NC(=O)CC2=O. The van der Waals surface area contributed by atoms with Crippen LogP contribution in [0.25, 0.3) is 11.1 Å². The van der Waals surface area contributed by atoms with Crippen LogP contribution in [0.1, 0.15) is 16.9 Å². The molecule has 0 aliphatic carbocycles. The van der Waals surface area contributed by atoms with E-state index in [1.54, 1.807) is 19.1 Å². The number of anilines is 1. The molecule has 19 heavy (non-hydrogen) atoms. The van der Waals surface area contributed by atoms with E-state index in [0.717, 1.165) is 0 Å². The molecular formula is C13H10FN3O2. The summed E-state index contributed by atoms with van der Waals surface area (Å²) < 4.78 is 14.1. The molecule has 0 spiro atoms. The number of carbonyl (C=O) groups excluding carboxylic acids is 2. The van der Waals surface area contributed by atoms with Crippen LogP contribution in [0.2, 0.25) is 0 Å². The van der Waals surface area contributed by atoms with Gasteiger partial charge in [0.2, 0.25) is 5.91 Å². The van der Waals surface area contributed by atoms with Crippen molar-refractivity contribution in [3.63, 3.8) is 0 Å². The lowest BCUT2D eigenvalue weighted by Crippen LogP contribution is -2.29. The molecule has 0 radical (unpaired) electrons. The molecule has 1 aromatic heterocycles. The maximum Gasteiger partial charge on any atom is 0.258 e. The van der Waals surface area contributed by atoms with Crippen LogP contribution in [-0.4, -0.2) is 21.6 Å². The van der Waals surface area contributed by atoms with Gasteiger partial charge in [-0.25, -0.2) is 4.39 Å². The van der Waals surface area contributed by atoms with Crippen molar-refractivity contribution >= 4 is 17.6 Å². The van der Waals surface area contributed by atoms with Gasteiger partial charge in [-0.2, -0.15) is 9.78 Å². The number of fused-ring (bicyclic) bond motifs is 1. The van der Waals surface area contributed by atoms with Gasteiger partial charge in [0, 0.05) is 5.56 Å². The predicted molar refractivity (Wildman–Crippen MR) is 66.2 cm³/mol. The highest BCUT2D eigenvalue weighted by Crippen LogP contribution is 2.33. The van der Waals surface area contributed by atoms with Crippen LogP contribution in [0.3, 0.4) is 0 Å². The third kappa shape index (κ3) is 1.81. The lowest BCUT2D eigenvalue weighted by Gasteiger charge is -2.14. The van der Waals surface area contributed by atoms with E-state index < -0.39 is 0 Å². The Labute approximate surface area is 108 Å². The van der Waals surface area contributed by atoms with E-state index in [0.29, 0.717) is 22.6 Å². The summed E-state index contributed by atoms with van der Waals surface area (Å²) in [6.45, 7) is 1.74. The molecule has 0 unspecified atom stereocenters. The van der Waals surface area contributed by atoms with Gasteiger partial charge >= 0.3 is 0 Å². The average molecular weight is 259 g/mol. The molecule has 1 aliphatic heterocycles. The van der Waals surface area contributed by atoms with Gasteiger partial charge < -0.3 is 5.32 Å². The predicted octanol–water partition coefficient (Wildman–Crippen LogP) is 1.98. The van der Waals surface area contributed by atoms with Crippen molar-refractivity contribution in [3.05, 3.63) is 35.8 Å². The number of halogens is 1. The van der Waals surface area contributed by atoms with E-state index in [9.17, 15) is 14.0 Å². The van der Waals surface area contributed by atoms with Gasteiger partial charge in [-0.3, -0.25) is 9.59 Å². The summed E-state index contributed by atoms with van der Waals surface area (Å²) >= 11 is 0. The van der Waals surface area contributed by atoms with E-state index in [1.165, 1.54) is 16.8 Å². The number of carbonyl (C=O) groups is 2. The summed E-state index contributed by atoms with van der Waals surface area (Å²) in [4.78, 5) is 23.2. The molecule has 5 nitrogen and oxygen atoms in total. The van der Waals surface area contributed by atoms with Gasteiger partial charge in [-0.05, 0) is 24.6 Å². The van der Waals surface area contributed by atoms with Crippen molar-refractivity contribution in [2.75, 3.05) is 5.32 Å². The molecule has 0 saturated heterocycles. The second-order valence-electron chi connectivity index (χ2n) is 4.35. The fourth-order valence-electron chi connectivity index (χ4n) is 2.17. The molecule has 2 aromatic rings. The highest BCUT2D eigenvalue weighted by molar-refractivity contribution is 6.11. The molecule has 1 amide bonds. The van der Waals surface area contributed by atoms with Crippen LogP contribution < -0.4 is 5.32 Å². The first kappa shape index (κ1) is 11.6. The maximum atomic E-state index is 12.9. The Morgan fingerprint density at radius 3 is 2.63 bits per heavy atom. The lowest BCUT2D eigenvalue weighted by molar-refractivity contribution is -0.115. The summed E-state index contributed by atoms with van der Waals surface area (Å²) in [6, 6.07) is 5.83. The fraction of sp³-hybridized carbons (Fsp3) is 0.154. The quantitative estimate of drug-likeness (QED) is 0.796. The minimum atomic E-state index is -0.366. The third-order valence-corrected chi connectivity index (χ3v) is 3.00. The molecule has 3 rings (SSSR count). The second kappa shape index (κ2) is 4.01. The molecule has 6 heteroatoms. The largest absolute Gasteiger partial charge is 0.310 e. The highest BCUT2D eigenvalue weighted by atomic mass is 19.1. The first-order valence-electron chi connectivity index (χ1n) is 5.75. The van der Waals surface area contributed by atoms with Crippen molar-refractivity contribution in [1.82, 2.24) is 9.78 Å². The molecule has 96 valence electrons. The van der Waals surface area contributed by atoms with Gasteiger partial charge in [0.05, 0.1) is 5.69 Å². The average Bonchev–Trinajstić information content (AvgIpc) is 2.67. The minimum absolute atomic E-state index is 0.211. The number of hydrogen-bond donors (Lipinski definition) is 1. The van der Waals surface area contributed by atoms with Gasteiger partial charge in [-0.1, -0.05) is 12.1 Å². The lowest BCUT2D eigenvalue weighted by atomic mass is 10.1. The standard InChI is InChI=1S/C13H10FN3O2/c1-7-12(8-2-4-9(14)5-3-8)13-15-10(18)6-11(19)17(13)16-7/h2-5H,6H2,1H3,(H,15,18). The van der Waals surface area contributed by atoms with E-state index >= 15 is 0 Å². The van der Waals surface area contributed by atoms with Crippen LogP contribution in [0.5, 0.6) is 0 Å². The first-order chi connectivity index (χ1) is 9.06. The molecule has 0 atom stereocenters. The maximum absolute atomic E-state index is 12.9. The van der Waals surface area contributed by atoms with E-state index in [1.807, 2.05) is 0 Å². The molecule has 2 heterocycles. The topological polar surface area (TPSA) is 64.0 Å². The van der Waals surface area contributed by atoms with Crippen LogP contribution in [0, 0.1) is 12.7 Å². The number of benzene rings is 1. The summed E-state index contributed by atoms with van der Waals surface area (Å²) in [5.41, 5.74) is 1.95.